The van der Waals surface area contributed by atoms with Crippen LogP contribution in [0.5, 0.6) is 6.01 Å². The van der Waals surface area contributed by atoms with Gasteiger partial charge in [0.15, 0.2) is 0 Å². The summed E-state index contributed by atoms with van der Waals surface area (Å²) in [4.78, 5) is 34.0. The Morgan fingerprint density at radius 3 is 2.47 bits per heavy atom. The number of imidazole rings is 1. The zero-order chi connectivity index (χ0) is 23.9. The smallest absolute Gasteiger partial charge is 0.415 e. The molecule has 1 aromatic carbocycles. The second-order valence-corrected chi connectivity index (χ2v) is 10.1. The van der Waals surface area contributed by atoms with Gasteiger partial charge in [0.2, 0.25) is 0 Å². The highest BCUT2D eigenvalue weighted by atomic mass is 35.5. The van der Waals surface area contributed by atoms with Gasteiger partial charge in [-0.1, -0.05) is 11.6 Å². The van der Waals surface area contributed by atoms with E-state index in [2.05, 4.69) is 14.8 Å². The first-order chi connectivity index (χ1) is 16.3. The molecule has 2 aromatic rings. The molecule has 0 spiro atoms. The number of benzene rings is 1. The molecule has 0 aliphatic carbocycles. The van der Waals surface area contributed by atoms with Gasteiger partial charge in [0.1, 0.15) is 11.8 Å². The molecular formula is C23H29ClN6O4. The molecule has 10 nitrogen and oxygen atoms in total. The van der Waals surface area contributed by atoms with Crippen molar-refractivity contribution in [1.82, 2.24) is 24.3 Å². The van der Waals surface area contributed by atoms with Gasteiger partial charge in [-0.3, -0.25) is 19.2 Å². The number of carbonyl (C=O) groups excluding carboxylic acids is 1. The van der Waals surface area contributed by atoms with Gasteiger partial charge < -0.3 is 19.8 Å². The molecular weight excluding hydrogens is 460 g/mol. The molecule has 11 heteroatoms. The average molecular weight is 489 g/mol. The Bertz CT molecular complexity index is 1030. The van der Waals surface area contributed by atoms with Crippen molar-refractivity contribution in [2.45, 2.75) is 38.0 Å². The highest BCUT2D eigenvalue weighted by molar-refractivity contribution is 6.30. The number of ether oxygens (including phenoxy) is 1. The van der Waals surface area contributed by atoms with Crippen LogP contribution in [0.15, 0.2) is 30.5 Å². The Hall–Kier alpha value is -2.69. The molecule has 182 valence electrons. The van der Waals surface area contributed by atoms with Crippen LogP contribution in [0.1, 0.15) is 30.1 Å². The monoisotopic (exact) mass is 488 g/mol. The van der Waals surface area contributed by atoms with E-state index in [-0.39, 0.29) is 11.7 Å². The third-order valence-electron chi connectivity index (χ3n) is 7.08. The maximum atomic E-state index is 12.8. The summed E-state index contributed by atoms with van der Waals surface area (Å²) in [7, 11) is 0. The second kappa shape index (κ2) is 9.16. The van der Waals surface area contributed by atoms with Gasteiger partial charge in [0.05, 0.1) is 6.54 Å². The molecule has 3 aliphatic heterocycles. The minimum atomic E-state index is -0.497. The SMILES string of the molecule is C[C@]1(CN2CCN(C3CCN(C(=O)c4ccc(Cl)cc4)CC3)CC2)Cn2cc([N+](=O)[O-])nc2O1. The van der Waals surface area contributed by atoms with E-state index in [0.29, 0.717) is 29.2 Å². The molecule has 1 aromatic heterocycles. The molecule has 0 radical (unpaired) electrons. The maximum Gasteiger partial charge on any atom is 0.415 e. The van der Waals surface area contributed by atoms with Crippen molar-refractivity contribution in [3.63, 3.8) is 0 Å². The van der Waals surface area contributed by atoms with E-state index in [9.17, 15) is 14.9 Å². The fourth-order valence-corrected chi connectivity index (χ4v) is 5.46. The molecule has 34 heavy (non-hydrogen) atoms. The minimum absolute atomic E-state index is 0.0787. The van der Waals surface area contributed by atoms with Gasteiger partial charge >= 0.3 is 11.8 Å². The van der Waals surface area contributed by atoms with Crippen LogP contribution in [-0.2, 0) is 6.54 Å². The number of amides is 1. The summed E-state index contributed by atoms with van der Waals surface area (Å²) in [5.41, 5.74) is 0.253. The molecule has 0 unspecified atom stereocenters. The number of rotatable bonds is 5. The number of likely N-dealkylation sites (tertiary alicyclic amines) is 1. The van der Waals surface area contributed by atoms with Crippen LogP contribution < -0.4 is 4.74 Å². The predicted octanol–water partition coefficient (Wildman–Crippen LogP) is 2.52. The van der Waals surface area contributed by atoms with Gasteiger partial charge in [-0.15, -0.1) is 0 Å². The Kier molecular flexibility index (Phi) is 6.22. The number of fused-ring (bicyclic) bond motifs is 1. The average Bonchev–Trinajstić information content (AvgIpc) is 3.35. The molecule has 4 heterocycles. The van der Waals surface area contributed by atoms with Crippen molar-refractivity contribution in [3.8, 4) is 6.01 Å². The summed E-state index contributed by atoms with van der Waals surface area (Å²) >= 11 is 5.94. The molecule has 0 bridgehead atoms. The molecule has 2 fully saturated rings. The Labute approximate surface area is 203 Å². The van der Waals surface area contributed by atoms with E-state index in [1.54, 1.807) is 28.8 Å². The number of carbonyl (C=O) groups is 1. The third-order valence-corrected chi connectivity index (χ3v) is 7.33. The van der Waals surface area contributed by atoms with Crippen molar-refractivity contribution in [2.75, 3.05) is 45.8 Å². The van der Waals surface area contributed by atoms with E-state index < -0.39 is 10.5 Å². The summed E-state index contributed by atoms with van der Waals surface area (Å²) in [6.07, 6.45) is 3.42. The summed E-state index contributed by atoms with van der Waals surface area (Å²) < 4.78 is 7.73. The van der Waals surface area contributed by atoms with Crippen LogP contribution in [0, 0.1) is 10.1 Å². The van der Waals surface area contributed by atoms with Gasteiger partial charge in [-0.05, 0) is 49.0 Å². The van der Waals surface area contributed by atoms with Gasteiger partial charge in [0.25, 0.3) is 5.91 Å². The Morgan fingerprint density at radius 1 is 1.18 bits per heavy atom. The van der Waals surface area contributed by atoms with Crippen LogP contribution in [-0.4, -0.2) is 92.5 Å². The zero-order valence-electron chi connectivity index (χ0n) is 19.2. The van der Waals surface area contributed by atoms with Gasteiger partial charge in [-0.2, -0.15) is 0 Å². The third kappa shape index (κ3) is 4.75. The highest BCUT2D eigenvalue weighted by Gasteiger charge is 2.42. The number of halogens is 1. The number of piperidine rings is 1. The quantitative estimate of drug-likeness (QED) is 0.471. The lowest BCUT2D eigenvalue weighted by Gasteiger charge is -2.43. The van der Waals surface area contributed by atoms with E-state index in [0.717, 1.165) is 58.7 Å². The predicted molar refractivity (Wildman–Crippen MR) is 126 cm³/mol. The standard InChI is InChI=1S/C23H29ClN6O4/c1-23(16-29-14-20(30(32)33)25-22(29)34-23)15-26-10-12-27(13-11-26)19-6-8-28(9-7-19)21(31)17-2-4-18(24)5-3-17/h2-5,14,19H,6-13,15-16H2,1H3/t23-/m0/s1. The van der Waals surface area contributed by atoms with Crippen LogP contribution in [0.4, 0.5) is 5.82 Å². The first-order valence-electron chi connectivity index (χ1n) is 11.7. The van der Waals surface area contributed by atoms with Gasteiger partial charge in [0, 0.05) is 67.4 Å². The lowest BCUT2D eigenvalue weighted by Crippen LogP contribution is -2.56. The van der Waals surface area contributed by atoms with Crippen LogP contribution >= 0.6 is 11.6 Å². The first kappa shape index (κ1) is 23.1. The Balaban J connectivity index is 1.07. The van der Waals surface area contributed by atoms with Crippen LogP contribution in [0.25, 0.3) is 0 Å². The topological polar surface area (TPSA) is 97.0 Å². The summed E-state index contributed by atoms with van der Waals surface area (Å²) in [5.74, 6) is -0.0957. The number of nitro groups is 1. The normalized spacial score (nSPS) is 24.1. The van der Waals surface area contributed by atoms with Crippen molar-refractivity contribution >= 4 is 23.3 Å². The largest absolute Gasteiger partial charge is 0.436 e. The Morgan fingerprint density at radius 2 is 1.85 bits per heavy atom. The number of hydrogen-bond donors (Lipinski definition) is 0. The molecule has 2 saturated heterocycles. The van der Waals surface area contributed by atoms with E-state index >= 15 is 0 Å². The number of aromatic nitrogens is 2. The second-order valence-electron chi connectivity index (χ2n) is 9.66. The fraction of sp³-hybridized carbons (Fsp3) is 0.565. The highest BCUT2D eigenvalue weighted by Crippen LogP contribution is 2.32. The number of hydrogen-bond acceptors (Lipinski definition) is 7. The van der Waals surface area contributed by atoms with Crippen molar-refractivity contribution < 1.29 is 14.5 Å². The lowest BCUT2D eigenvalue weighted by atomic mass is 10.0. The molecule has 0 saturated carbocycles. The lowest BCUT2D eigenvalue weighted by molar-refractivity contribution is -0.389. The molecule has 5 rings (SSSR count). The molecule has 0 N–H and O–H groups in total. The van der Waals surface area contributed by atoms with Crippen LogP contribution in [0.2, 0.25) is 5.02 Å². The van der Waals surface area contributed by atoms with Crippen molar-refractivity contribution in [3.05, 3.63) is 51.2 Å². The molecule has 1 amide bonds. The molecule has 3 aliphatic rings. The summed E-state index contributed by atoms with van der Waals surface area (Å²) in [5, 5.41) is 11.5. The van der Waals surface area contributed by atoms with E-state index in [4.69, 9.17) is 16.3 Å². The van der Waals surface area contributed by atoms with E-state index in [1.165, 1.54) is 6.20 Å². The maximum absolute atomic E-state index is 12.8. The number of nitrogens with zero attached hydrogens (tertiary/aromatic N) is 6. The van der Waals surface area contributed by atoms with Crippen molar-refractivity contribution in [2.24, 2.45) is 0 Å². The number of piperazine rings is 1. The summed E-state index contributed by atoms with van der Waals surface area (Å²) in [6.45, 7) is 8.77. The fourth-order valence-electron chi connectivity index (χ4n) is 5.33. The summed E-state index contributed by atoms with van der Waals surface area (Å²) in [6, 6.07) is 7.93. The first-order valence-corrected chi connectivity index (χ1v) is 12.1. The van der Waals surface area contributed by atoms with Gasteiger partial charge in [-0.25, -0.2) is 0 Å². The van der Waals surface area contributed by atoms with Crippen molar-refractivity contribution in [1.29, 1.82) is 0 Å². The minimum Gasteiger partial charge on any atom is -0.436 e. The molecule has 1 atom stereocenters. The zero-order valence-corrected chi connectivity index (χ0v) is 20.0. The van der Waals surface area contributed by atoms with Crippen LogP contribution in [0.3, 0.4) is 0 Å². The van der Waals surface area contributed by atoms with E-state index in [1.807, 2.05) is 11.8 Å².